The zero-order valence-corrected chi connectivity index (χ0v) is 15.7. The van der Waals surface area contributed by atoms with Gasteiger partial charge in [0.25, 0.3) is 0 Å². The molecule has 3 aliphatic rings. The number of piperidine rings is 1. The van der Waals surface area contributed by atoms with Crippen LogP contribution in [0.5, 0.6) is 0 Å². The van der Waals surface area contributed by atoms with Gasteiger partial charge in [0.1, 0.15) is 0 Å². The van der Waals surface area contributed by atoms with Crippen molar-refractivity contribution in [3.05, 3.63) is 28.8 Å². The molecule has 2 heterocycles. The summed E-state index contributed by atoms with van der Waals surface area (Å²) in [5.74, 6) is 1.72. The molecule has 0 radical (unpaired) electrons. The number of nitrogens with one attached hydrogen (secondary N) is 1. The van der Waals surface area contributed by atoms with Crippen molar-refractivity contribution in [2.45, 2.75) is 43.0 Å². The van der Waals surface area contributed by atoms with Crippen LogP contribution in [-0.4, -0.2) is 35.6 Å². The maximum Gasteiger partial charge on any atom is 0.225 e. The number of nitrogens with zero attached hydrogens (tertiary/aromatic N) is 1. The van der Waals surface area contributed by atoms with Gasteiger partial charge in [0.05, 0.1) is 6.04 Å². The average molecular weight is 379 g/mol. The van der Waals surface area contributed by atoms with Crippen LogP contribution in [0, 0.1) is 11.8 Å². The van der Waals surface area contributed by atoms with Gasteiger partial charge in [0, 0.05) is 40.6 Å². The first-order chi connectivity index (χ1) is 12.1. The van der Waals surface area contributed by atoms with E-state index in [1.165, 1.54) is 4.90 Å². The van der Waals surface area contributed by atoms with E-state index < -0.39 is 0 Å². The molecule has 0 unspecified atom stereocenters. The van der Waals surface area contributed by atoms with Crippen molar-refractivity contribution in [3.63, 3.8) is 0 Å². The van der Waals surface area contributed by atoms with E-state index in [1.54, 1.807) is 0 Å². The Bertz CT molecular complexity index is 684. The second kappa shape index (κ2) is 7.20. The lowest BCUT2D eigenvalue weighted by Gasteiger charge is -2.33. The first-order valence-electron chi connectivity index (χ1n) is 9.13. The molecule has 4 rings (SSSR count). The fraction of sp³-hybridized carbons (Fsp3) is 0.579. The first kappa shape index (κ1) is 17.2. The fourth-order valence-electron chi connectivity index (χ4n) is 3.76. The summed E-state index contributed by atoms with van der Waals surface area (Å²) in [5.41, 5.74) is 1.14. The van der Waals surface area contributed by atoms with E-state index >= 15 is 0 Å². The summed E-state index contributed by atoms with van der Waals surface area (Å²) in [6.45, 7) is 1.44. The molecule has 1 saturated heterocycles. The number of carbonyl (C=O) groups is 2. The highest BCUT2D eigenvalue weighted by Gasteiger charge is 2.36. The van der Waals surface area contributed by atoms with Crippen molar-refractivity contribution in [3.8, 4) is 0 Å². The maximum atomic E-state index is 12.7. The van der Waals surface area contributed by atoms with Crippen molar-refractivity contribution in [2.24, 2.45) is 11.8 Å². The standard InChI is InChI=1S/C19H23ClN2O2S/c20-14-3-4-17-15(11-14)16(7-10-25-17)21-18(23)12-5-8-22(9-6-12)19(24)13-1-2-13/h3-4,11-13,16H,1-2,5-10H2,(H,21,23)/t16-/m1/s1. The van der Waals surface area contributed by atoms with Crippen LogP contribution in [0.15, 0.2) is 23.1 Å². The summed E-state index contributed by atoms with van der Waals surface area (Å²) < 4.78 is 0. The largest absolute Gasteiger partial charge is 0.349 e. The van der Waals surface area contributed by atoms with Gasteiger partial charge in [-0.05, 0) is 55.9 Å². The molecule has 1 aromatic carbocycles. The number of carbonyl (C=O) groups excluding carboxylic acids is 2. The lowest BCUT2D eigenvalue weighted by molar-refractivity contribution is -0.136. The minimum Gasteiger partial charge on any atom is -0.349 e. The molecule has 25 heavy (non-hydrogen) atoms. The van der Waals surface area contributed by atoms with Crippen molar-refractivity contribution >= 4 is 35.2 Å². The highest BCUT2D eigenvalue weighted by Crippen LogP contribution is 2.38. The summed E-state index contributed by atoms with van der Waals surface area (Å²) in [6.07, 6.45) is 4.56. The van der Waals surface area contributed by atoms with E-state index in [9.17, 15) is 9.59 Å². The highest BCUT2D eigenvalue weighted by atomic mass is 35.5. The monoisotopic (exact) mass is 378 g/mol. The zero-order valence-electron chi connectivity index (χ0n) is 14.2. The number of fused-ring (bicyclic) bond motifs is 1. The summed E-state index contributed by atoms with van der Waals surface area (Å²) in [5, 5.41) is 3.95. The van der Waals surface area contributed by atoms with Crippen molar-refractivity contribution in [1.82, 2.24) is 10.2 Å². The van der Waals surface area contributed by atoms with Gasteiger partial charge in [-0.3, -0.25) is 9.59 Å². The molecule has 134 valence electrons. The number of halogens is 1. The third kappa shape index (κ3) is 3.82. The third-order valence-corrected chi connectivity index (χ3v) is 6.79. The second-order valence-electron chi connectivity index (χ2n) is 7.25. The number of hydrogen-bond acceptors (Lipinski definition) is 3. The normalized spacial score (nSPS) is 23.9. The number of rotatable bonds is 3. The lowest BCUT2D eigenvalue weighted by atomic mass is 9.94. The summed E-state index contributed by atoms with van der Waals surface area (Å²) in [7, 11) is 0. The molecule has 1 aliphatic carbocycles. The zero-order chi connectivity index (χ0) is 17.4. The van der Waals surface area contributed by atoms with E-state index in [0.29, 0.717) is 10.9 Å². The highest BCUT2D eigenvalue weighted by molar-refractivity contribution is 7.99. The Balaban J connectivity index is 1.35. The van der Waals surface area contributed by atoms with E-state index in [1.807, 2.05) is 34.9 Å². The van der Waals surface area contributed by atoms with Gasteiger partial charge < -0.3 is 10.2 Å². The Labute approximate surface area is 157 Å². The fourth-order valence-corrected chi connectivity index (χ4v) is 5.04. The third-order valence-electron chi connectivity index (χ3n) is 5.43. The number of hydrogen-bond donors (Lipinski definition) is 1. The van der Waals surface area contributed by atoms with E-state index in [2.05, 4.69) is 5.32 Å². The topological polar surface area (TPSA) is 49.4 Å². The SMILES string of the molecule is O=C(N[C@@H]1CCSc2ccc(Cl)cc21)C1CCN(C(=O)C2CC2)CC1. The minimum absolute atomic E-state index is 0.0143. The van der Waals surface area contributed by atoms with Crippen LogP contribution in [0.1, 0.15) is 43.7 Å². The molecule has 1 aromatic rings. The molecule has 2 aliphatic heterocycles. The number of amides is 2. The quantitative estimate of drug-likeness (QED) is 0.873. The van der Waals surface area contributed by atoms with Crippen LogP contribution in [0.4, 0.5) is 0 Å². The van der Waals surface area contributed by atoms with Crippen LogP contribution in [0.3, 0.4) is 0 Å². The van der Waals surface area contributed by atoms with Gasteiger partial charge >= 0.3 is 0 Å². The predicted octanol–water partition coefficient (Wildman–Crippen LogP) is 3.64. The van der Waals surface area contributed by atoms with Gasteiger partial charge in [-0.15, -0.1) is 11.8 Å². The predicted molar refractivity (Wildman–Crippen MR) is 99.7 cm³/mol. The van der Waals surface area contributed by atoms with E-state index in [-0.39, 0.29) is 23.8 Å². The molecule has 0 spiro atoms. The number of benzene rings is 1. The molecular formula is C19H23ClN2O2S. The van der Waals surface area contributed by atoms with Gasteiger partial charge in [-0.1, -0.05) is 11.6 Å². The summed E-state index contributed by atoms with van der Waals surface area (Å²) in [6, 6.07) is 5.98. The molecule has 1 saturated carbocycles. The molecule has 4 nitrogen and oxygen atoms in total. The van der Waals surface area contributed by atoms with Crippen LogP contribution in [-0.2, 0) is 9.59 Å². The van der Waals surface area contributed by atoms with Crippen molar-refractivity contribution < 1.29 is 9.59 Å². The van der Waals surface area contributed by atoms with Gasteiger partial charge in [-0.2, -0.15) is 0 Å². The number of thioether (sulfide) groups is 1. The second-order valence-corrected chi connectivity index (χ2v) is 8.83. The molecule has 6 heteroatoms. The Kier molecular flexibility index (Phi) is 4.96. The van der Waals surface area contributed by atoms with Crippen LogP contribution in [0.25, 0.3) is 0 Å². The van der Waals surface area contributed by atoms with Gasteiger partial charge in [0.2, 0.25) is 11.8 Å². The maximum absolute atomic E-state index is 12.7. The van der Waals surface area contributed by atoms with Crippen LogP contribution >= 0.6 is 23.4 Å². The minimum atomic E-state index is 0.0143. The van der Waals surface area contributed by atoms with Crippen molar-refractivity contribution in [2.75, 3.05) is 18.8 Å². The van der Waals surface area contributed by atoms with Crippen molar-refractivity contribution in [1.29, 1.82) is 0 Å². The van der Waals surface area contributed by atoms with Gasteiger partial charge in [0.15, 0.2) is 0 Å². The Hall–Kier alpha value is -1.20. The average Bonchev–Trinajstić information content (AvgIpc) is 3.47. The molecule has 2 fully saturated rings. The molecule has 2 amide bonds. The van der Waals surface area contributed by atoms with E-state index in [4.69, 9.17) is 11.6 Å². The Morgan fingerprint density at radius 3 is 2.56 bits per heavy atom. The van der Waals surface area contributed by atoms with Crippen LogP contribution < -0.4 is 5.32 Å². The molecule has 0 bridgehead atoms. The molecule has 0 aromatic heterocycles. The molecular weight excluding hydrogens is 356 g/mol. The Morgan fingerprint density at radius 1 is 1.08 bits per heavy atom. The Morgan fingerprint density at radius 2 is 1.84 bits per heavy atom. The van der Waals surface area contributed by atoms with Gasteiger partial charge in [-0.25, -0.2) is 0 Å². The summed E-state index contributed by atoms with van der Waals surface area (Å²) >= 11 is 7.97. The summed E-state index contributed by atoms with van der Waals surface area (Å²) in [4.78, 5) is 28.0. The van der Waals surface area contributed by atoms with Crippen LogP contribution in [0.2, 0.25) is 5.02 Å². The smallest absolute Gasteiger partial charge is 0.225 e. The molecule has 1 atom stereocenters. The lowest BCUT2D eigenvalue weighted by Crippen LogP contribution is -2.44. The first-order valence-corrected chi connectivity index (χ1v) is 10.5. The van der Waals surface area contributed by atoms with E-state index in [0.717, 1.165) is 56.5 Å². The number of likely N-dealkylation sites (tertiary alicyclic amines) is 1. The molecule has 1 N–H and O–H groups in total.